The Morgan fingerprint density at radius 2 is 2.14 bits per heavy atom. The van der Waals surface area contributed by atoms with E-state index >= 15 is 0 Å². The fraction of sp³-hybridized carbons (Fsp3) is 1.00. The van der Waals surface area contributed by atoms with Gasteiger partial charge in [0.2, 0.25) is 0 Å². The Morgan fingerprint density at radius 3 is 2.71 bits per heavy atom. The molecule has 0 radical (unpaired) electrons. The molecule has 0 spiro atoms. The van der Waals surface area contributed by atoms with E-state index in [2.05, 4.69) is 25.7 Å². The van der Waals surface area contributed by atoms with Gasteiger partial charge in [0, 0.05) is 19.1 Å². The second-order valence-corrected chi connectivity index (χ2v) is 5.03. The number of rotatable bonds is 4. The number of nitrogens with zero attached hydrogens (tertiary/aromatic N) is 1. The predicted octanol–water partition coefficient (Wildman–Crippen LogP) is 1.22. The zero-order valence-electron chi connectivity index (χ0n) is 9.75. The quantitative estimate of drug-likeness (QED) is 0.741. The van der Waals surface area contributed by atoms with Gasteiger partial charge in [0.25, 0.3) is 0 Å². The van der Waals surface area contributed by atoms with Gasteiger partial charge < -0.3 is 10.5 Å². The molecular formula is C11H24N2O. The van der Waals surface area contributed by atoms with Gasteiger partial charge in [0.1, 0.15) is 0 Å². The molecule has 2 N–H and O–H groups in total. The molecule has 1 saturated heterocycles. The molecule has 84 valence electrons. The molecule has 3 nitrogen and oxygen atoms in total. The van der Waals surface area contributed by atoms with Crippen LogP contribution in [0.15, 0.2) is 0 Å². The van der Waals surface area contributed by atoms with E-state index in [4.69, 9.17) is 10.5 Å². The topological polar surface area (TPSA) is 38.5 Å². The molecular weight excluding hydrogens is 176 g/mol. The first kappa shape index (κ1) is 12.0. The lowest BCUT2D eigenvalue weighted by atomic mass is 10.2. The highest BCUT2D eigenvalue weighted by molar-refractivity contribution is 4.79. The van der Waals surface area contributed by atoms with E-state index in [9.17, 15) is 0 Å². The highest BCUT2D eigenvalue weighted by Crippen LogP contribution is 2.16. The van der Waals surface area contributed by atoms with Gasteiger partial charge in [-0.05, 0) is 40.2 Å². The monoisotopic (exact) mass is 200 g/mol. The average molecular weight is 200 g/mol. The highest BCUT2D eigenvalue weighted by atomic mass is 16.5. The van der Waals surface area contributed by atoms with E-state index < -0.39 is 0 Å². The van der Waals surface area contributed by atoms with E-state index in [-0.39, 0.29) is 5.60 Å². The summed E-state index contributed by atoms with van der Waals surface area (Å²) < 4.78 is 5.70. The van der Waals surface area contributed by atoms with Crippen LogP contribution in [0, 0.1) is 0 Å². The first-order valence-corrected chi connectivity index (χ1v) is 5.61. The van der Waals surface area contributed by atoms with Crippen LogP contribution in [0.1, 0.15) is 33.6 Å². The van der Waals surface area contributed by atoms with Gasteiger partial charge in [-0.2, -0.15) is 0 Å². The van der Waals surface area contributed by atoms with E-state index in [0.29, 0.717) is 6.04 Å². The third kappa shape index (κ3) is 3.95. The molecule has 0 amide bonds. The summed E-state index contributed by atoms with van der Waals surface area (Å²) in [7, 11) is 0. The molecule has 0 saturated carbocycles. The summed E-state index contributed by atoms with van der Waals surface area (Å²) in [4.78, 5) is 2.45. The summed E-state index contributed by atoms with van der Waals surface area (Å²) >= 11 is 0. The summed E-state index contributed by atoms with van der Waals surface area (Å²) in [6.45, 7) is 10.1. The minimum Gasteiger partial charge on any atom is -0.375 e. The Kier molecular flexibility index (Phi) is 4.35. The van der Waals surface area contributed by atoms with Crippen LogP contribution >= 0.6 is 0 Å². The van der Waals surface area contributed by atoms with Crippen molar-refractivity contribution in [2.75, 3.05) is 26.2 Å². The molecule has 14 heavy (non-hydrogen) atoms. The average Bonchev–Trinajstić information content (AvgIpc) is 2.49. The minimum atomic E-state index is -0.0159. The molecule has 0 aromatic heterocycles. The van der Waals surface area contributed by atoms with E-state index in [1.165, 1.54) is 19.4 Å². The standard InChI is InChI=1S/C11H24N2O/c1-11(2,3)14-8-7-13-6-4-5-10(13)9-12/h10H,4-9,12H2,1-3H3. The van der Waals surface area contributed by atoms with Crippen molar-refractivity contribution in [1.82, 2.24) is 4.90 Å². The van der Waals surface area contributed by atoms with Crippen molar-refractivity contribution in [1.29, 1.82) is 0 Å². The maximum absolute atomic E-state index is 5.70. The maximum atomic E-state index is 5.70. The van der Waals surface area contributed by atoms with Gasteiger partial charge in [-0.15, -0.1) is 0 Å². The molecule has 0 aromatic carbocycles. The Labute approximate surface area is 87.6 Å². The lowest BCUT2D eigenvalue weighted by Gasteiger charge is -2.26. The van der Waals surface area contributed by atoms with E-state index in [0.717, 1.165) is 19.7 Å². The zero-order chi connectivity index (χ0) is 10.6. The molecule has 1 fully saturated rings. The van der Waals surface area contributed by atoms with Crippen LogP contribution in [0.25, 0.3) is 0 Å². The van der Waals surface area contributed by atoms with E-state index in [1.807, 2.05) is 0 Å². The van der Waals surface area contributed by atoms with Crippen LogP contribution in [0.5, 0.6) is 0 Å². The Morgan fingerprint density at radius 1 is 1.43 bits per heavy atom. The van der Waals surface area contributed by atoms with E-state index in [1.54, 1.807) is 0 Å². The smallest absolute Gasteiger partial charge is 0.0600 e. The summed E-state index contributed by atoms with van der Waals surface area (Å²) in [6.07, 6.45) is 2.55. The van der Waals surface area contributed by atoms with Crippen molar-refractivity contribution in [3.63, 3.8) is 0 Å². The number of ether oxygens (including phenoxy) is 1. The molecule has 1 unspecified atom stereocenters. The first-order valence-electron chi connectivity index (χ1n) is 5.61. The number of hydrogen-bond donors (Lipinski definition) is 1. The normalized spacial score (nSPS) is 24.4. The fourth-order valence-corrected chi connectivity index (χ4v) is 1.93. The second kappa shape index (κ2) is 5.10. The number of nitrogens with two attached hydrogens (primary N) is 1. The van der Waals surface area contributed by atoms with Crippen molar-refractivity contribution in [3.8, 4) is 0 Å². The minimum absolute atomic E-state index is 0.0159. The van der Waals surface area contributed by atoms with Gasteiger partial charge in [-0.25, -0.2) is 0 Å². The van der Waals surface area contributed by atoms with Crippen molar-refractivity contribution < 1.29 is 4.74 Å². The van der Waals surface area contributed by atoms with Gasteiger partial charge in [0.05, 0.1) is 12.2 Å². The second-order valence-electron chi connectivity index (χ2n) is 5.03. The lowest BCUT2D eigenvalue weighted by molar-refractivity contribution is -0.0140. The SMILES string of the molecule is CC(C)(C)OCCN1CCCC1CN. The summed E-state index contributed by atoms with van der Waals surface area (Å²) in [5.74, 6) is 0. The van der Waals surface area contributed by atoms with Crippen LogP contribution in [0.4, 0.5) is 0 Å². The zero-order valence-corrected chi connectivity index (χ0v) is 9.75. The maximum Gasteiger partial charge on any atom is 0.0600 e. The summed E-state index contributed by atoms with van der Waals surface area (Å²) in [5, 5.41) is 0. The predicted molar refractivity (Wildman–Crippen MR) is 59.4 cm³/mol. The molecule has 0 aliphatic carbocycles. The largest absolute Gasteiger partial charge is 0.375 e. The van der Waals surface area contributed by atoms with Crippen molar-refractivity contribution in [2.24, 2.45) is 5.73 Å². The van der Waals surface area contributed by atoms with Crippen LogP contribution in [0.3, 0.4) is 0 Å². The van der Waals surface area contributed by atoms with Crippen LogP contribution < -0.4 is 5.73 Å². The lowest BCUT2D eigenvalue weighted by Crippen LogP contribution is -2.38. The Balaban J connectivity index is 2.18. The summed E-state index contributed by atoms with van der Waals surface area (Å²) in [5.41, 5.74) is 5.68. The molecule has 0 bridgehead atoms. The third-order valence-corrected chi connectivity index (χ3v) is 2.68. The number of likely N-dealkylation sites (tertiary alicyclic amines) is 1. The fourth-order valence-electron chi connectivity index (χ4n) is 1.93. The Bertz CT molecular complexity index is 165. The van der Waals surface area contributed by atoms with Crippen molar-refractivity contribution >= 4 is 0 Å². The van der Waals surface area contributed by atoms with Crippen LogP contribution in [0.2, 0.25) is 0 Å². The Hall–Kier alpha value is -0.120. The molecule has 1 heterocycles. The van der Waals surface area contributed by atoms with Gasteiger partial charge >= 0.3 is 0 Å². The molecule has 3 heteroatoms. The summed E-state index contributed by atoms with van der Waals surface area (Å²) in [6, 6.07) is 0.596. The van der Waals surface area contributed by atoms with Crippen LogP contribution in [-0.4, -0.2) is 42.8 Å². The molecule has 1 aliphatic rings. The molecule has 1 atom stereocenters. The third-order valence-electron chi connectivity index (χ3n) is 2.68. The van der Waals surface area contributed by atoms with Crippen LogP contribution in [-0.2, 0) is 4.74 Å². The van der Waals surface area contributed by atoms with Gasteiger partial charge in [-0.1, -0.05) is 0 Å². The molecule has 0 aromatic rings. The first-order chi connectivity index (χ1) is 6.53. The van der Waals surface area contributed by atoms with Gasteiger partial charge in [0.15, 0.2) is 0 Å². The van der Waals surface area contributed by atoms with Crippen molar-refractivity contribution in [3.05, 3.63) is 0 Å². The van der Waals surface area contributed by atoms with Crippen molar-refractivity contribution in [2.45, 2.75) is 45.3 Å². The van der Waals surface area contributed by atoms with Gasteiger partial charge in [-0.3, -0.25) is 4.90 Å². The molecule has 1 aliphatic heterocycles. The highest BCUT2D eigenvalue weighted by Gasteiger charge is 2.22. The number of hydrogen-bond acceptors (Lipinski definition) is 3. The molecule has 1 rings (SSSR count).